The van der Waals surface area contributed by atoms with Gasteiger partial charge >= 0.3 is 59.1 Å². The third-order valence-corrected chi connectivity index (χ3v) is 23.7. The van der Waals surface area contributed by atoms with Crippen LogP contribution in [-0.2, 0) is 91.2 Å². The molecule has 73 heavy (non-hydrogen) atoms. The van der Waals surface area contributed by atoms with E-state index in [1.54, 1.807) is 85.3 Å². The Morgan fingerprint density at radius 2 is 0.479 bits per heavy atom. The number of hydrogen-bond donors (Lipinski definition) is 4. The van der Waals surface area contributed by atoms with Gasteiger partial charge in [0.1, 0.15) is 52.6 Å². The first kappa shape index (κ1) is 71.1. The molecular weight excluding hydrogens is 1030 g/mol. The van der Waals surface area contributed by atoms with E-state index in [0.29, 0.717) is 76.5 Å². The molecule has 0 heterocycles. The molecule has 0 unspecified atom stereocenters. The molecule has 0 fully saturated rings. The van der Waals surface area contributed by atoms with Crippen LogP contribution in [-0.4, -0.2) is 254 Å². The molecule has 0 saturated heterocycles. The Balaban J connectivity index is 5.82. The van der Waals surface area contributed by atoms with Gasteiger partial charge in [0, 0.05) is 136 Å². The van der Waals surface area contributed by atoms with Gasteiger partial charge in [0.05, 0.1) is 25.7 Å². The molecule has 0 rings (SSSR count). The average molecular weight is 1130 g/mol. The van der Waals surface area contributed by atoms with Crippen molar-refractivity contribution in [2.45, 2.75) is 75.5 Å². The average Bonchev–Trinajstić information content (AvgIpc) is 3.41. The lowest BCUT2D eigenvalue weighted by Gasteiger charge is -2.38. The number of nitrogens with zero attached hydrogens (tertiary/aromatic N) is 1. The van der Waals surface area contributed by atoms with E-state index >= 15 is 0 Å². The molecule has 0 spiro atoms. The van der Waals surface area contributed by atoms with Crippen LogP contribution in [0.3, 0.4) is 0 Å². The molecular formula is C44H96N5O20Si4+. The second-order valence-electron chi connectivity index (χ2n) is 16.7. The predicted octanol–water partition coefficient (Wildman–Crippen LogP) is 0.968. The summed E-state index contributed by atoms with van der Waals surface area (Å²) in [6, 6.07) is 2.46. The van der Waals surface area contributed by atoms with Crippen molar-refractivity contribution >= 4 is 59.1 Å². The Kier molecular flexibility index (Phi) is 42.0. The van der Waals surface area contributed by atoms with Crippen LogP contribution in [0.5, 0.6) is 0 Å². The molecule has 0 aliphatic rings. The van der Waals surface area contributed by atoms with Crippen molar-refractivity contribution in [3.63, 3.8) is 0 Å². The predicted molar refractivity (Wildman–Crippen MR) is 278 cm³/mol. The molecule has 0 radical (unpaired) electrons. The number of carbonyl (C=O) groups excluding carboxylic acids is 4. The summed E-state index contributed by atoms with van der Waals surface area (Å²) >= 11 is 0. The lowest BCUT2D eigenvalue weighted by Crippen LogP contribution is -2.56. The second kappa shape index (κ2) is 43.1. The van der Waals surface area contributed by atoms with E-state index in [2.05, 4.69) is 21.3 Å². The number of hydrogen-bond acceptors (Lipinski definition) is 24. The number of carbonyl (C=O) groups is 4. The van der Waals surface area contributed by atoms with Crippen LogP contribution >= 0.6 is 0 Å². The van der Waals surface area contributed by atoms with Crippen molar-refractivity contribution < 1.29 is 95.7 Å². The summed E-state index contributed by atoms with van der Waals surface area (Å²) in [5.41, 5.74) is 0. The van der Waals surface area contributed by atoms with Gasteiger partial charge in [0.25, 0.3) is 0 Å². The Bertz CT molecular complexity index is 1190. The Hall–Kier alpha value is -1.93. The fourth-order valence-electron chi connectivity index (χ4n) is 7.58. The first-order chi connectivity index (χ1) is 35.1. The third-order valence-electron chi connectivity index (χ3n) is 12.4. The molecule has 25 nitrogen and oxygen atoms in total. The molecule has 0 amide bonds. The lowest BCUT2D eigenvalue weighted by atomic mass is 10.3. The highest BCUT2D eigenvalue weighted by atomic mass is 28.4. The normalized spacial score (nSPS) is 12.5. The molecule has 0 aromatic rings. The van der Waals surface area contributed by atoms with E-state index in [1.165, 1.54) is 0 Å². The molecule has 4 N–H and O–H groups in total. The summed E-state index contributed by atoms with van der Waals surface area (Å²) in [5, 5.41) is 13.0. The van der Waals surface area contributed by atoms with Crippen LogP contribution in [0.1, 0.15) is 51.4 Å². The van der Waals surface area contributed by atoms with Crippen LogP contribution in [0.15, 0.2) is 0 Å². The summed E-state index contributed by atoms with van der Waals surface area (Å²) in [6.45, 7) is 5.11. The maximum Gasteiger partial charge on any atom is 0.500 e. The van der Waals surface area contributed by atoms with Gasteiger partial charge in [-0.2, -0.15) is 0 Å². The van der Waals surface area contributed by atoms with E-state index in [9.17, 15) is 19.2 Å². The topological polar surface area (TPSA) is 264 Å². The molecule has 432 valence electrons. The Morgan fingerprint density at radius 3 is 0.644 bits per heavy atom. The van der Waals surface area contributed by atoms with Crippen LogP contribution in [0.4, 0.5) is 0 Å². The van der Waals surface area contributed by atoms with Crippen LogP contribution < -0.4 is 21.3 Å². The minimum absolute atomic E-state index is 0.00807. The molecule has 0 aliphatic carbocycles. The molecule has 0 aliphatic heterocycles. The van der Waals surface area contributed by atoms with Crippen LogP contribution in [0.25, 0.3) is 0 Å². The fraction of sp³-hybridized carbons (Fsp3) is 0.909. The first-order valence-corrected chi connectivity index (χ1v) is 32.8. The maximum absolute atomic E-state index is 13.0. The van der Waals surface area contributed by atoms with E-state index in [1.807, 2.05) is 0 Å². The minimum atomic E-state index is -2.70. The molecule has 0 aromatic carbocycles. The van der Waals surface area contributed by atoms with Gasteiger partial charge in [0.15, 0.2) is 0 Å². The number of quaternary nitrogens is 1. The Labute approximate surface area is 440 Å². The van der Waals surface area contributed by atoms with Crippen molar-refractivity contribution in [3.05, 3.63) is 0 Å². The number of nitrogens with one attached hydrogen (secondary N) is 4. The van der Waals surface area contributed by atoms with E-state index in [0.717, 1.165) is 25.7 Å². The third kappa shape index (κ3) is 31.2. The molecule has 0 aromatic heterocycles. The smallest absolute Gasteiger partial charge is 0.460 e. The molecule has 0 bridgehead atoms. The zero-order valence-electron chi connectivity index (χ0n) is 46.4. The fourth-order valence-corrected chi connectivity index (χ4v) is 14.5. The van der Waals surface area contributed by atoms with Crippen molar-refractivity contribution in [1.29, 1.82) is 0 Å². The summed E-state index contributed by atoms with van der Waals surface area (Å²) in [5.74, 6) is -1.63. The minimum Gasteiger partial charge on any atom is -0.460 e. The summed E-state index contributed by atoms with van der Waals surface area (Å²) in [4.78, 5) is 51.8. The van der Waals surface area contributed by atoms with Crippen LogP contribution in [0, 0.1) is 0 Å². The van der Waals surface area contributed by atoms with E-state index < -0.39 is 59.1 Å². The highest BCUT2D eigenvalue weighted by Crippen LogP contribution is 2.17. The maximum atomic E-state index is 13.0. The second-order valence-corrected chi connectivity index (χ2v) is 29.1. The summed E-state index contributed by atoms with van der Waals surface area (Å²) in [7, 11) is 8.03. The van der Waals surface area contributed by atoms with Gasteiger partial charge in [-0.15, -0.1) is 0 Å². The highest BCUT2D eigenvalue weighted by Gasteiger charge is 2.39. The number of rotatable bonds is 52. The highest BCUT2D eigenvalue weighted by molar-refractivity contribution is 6.61. The largest absolute Gasteiger partial charge is 0.500 e. The van der Waals surface area contributed by atoms with Gasteiger partial charge in [-0.05, 0) is 51.9 Å². The van der Waals surface area contributed by atoms with Gasteiger partial charge < -0.3 is 97.8 Å². The van der Waals surface area contributed by atoms with E-state index in [-0.39, 0.29) is 82.8 Å². The van der Waals surface area contributed by atoms with Crippen molar-refractivity contribution in [2.75, 3.05) is 190 Å². The summed E-state index contributed by atoms with van der Waals surface area (Å²) < 4.78 is 88.8. The van der Waals surface area contributed by atoms with Gasteiger partial charge in [-0.25, -0.2) is 0 Å². The molecule has 0 saturated carbocycles. The molecule has 29 heteroatoms. The van der Waals surface area contributed by atoms with Crippen molar-refractivity contribution in [3.8, 4) is 0 Å². The van der Waals surface area contributed by atoms with Gasteiger partial charge in [-0.3, -0.25) is 19.2 Å². The van der Waals surface area contributed by atoms with Crippen molar-refractivity contribution in [2.24, 2.45) is 0 Å². The quantitative estimate of drug-likeness (QED) is 0.0217. The van der Waals surface area contributed by atoms with Gasteiger partial charge in [-0.1, -0.05) is 0 Å². The zero-order valence-corrected chi connectivity index (χ0v) is 50.4. The lowest BCUT2D eigenvalue weighted by molar-refractivity contribution is -0.928. The van der Waals surface area contributed by atoms with Gasteiger partial charge in [0.2, 0.25) is 0 Å². The van der Waals surface area contributed by atoms with Crippen LogP contribution in [0.2, 0.25) is 24.2 Å². The zero-order chi connectivity index (χ0) is 54.8. The number of ether oxygens (including phenoxy) is 4. The van der Waals surface area contributed by atoms with Crippen molar-refractivity contribution in [1.82, 2.24) is 21.3 Å². The first-order valence-electron chi connectivity index (χ1n) is 25.1. The number of esters is 4. The van der Waals surface area contributed by atoms with E-state index in [4.69, 9.17) is 72.1 Å². The monoisotopic (exact) mass is 1130 g/mol. The Morgan fingerprint density at radius 1 is 0.301 bits per heavy atom. The summed E-state index contributed by atoms with van der Waals surface area (Å²) in [6.07, 6.45) is 3.40. The molecule has 0 atom stereocenters. The SMILES string of the molecule is CO[Si](CCCNCCC(=O)OCC[N+](CCOC(=O)CCNCCC[Si](OC)(OC)OC)(CCOC(=O)CCNCCC[Si](OC)(OC)OC)CCOC(=O)CCNCCC[Si](OC)(OC)OC)(OC)OC. The standard InChI is InChI=1S/C44H96N5O20Si4/c1-54-70(55-2,56-3)37-13-21-45-25-17-41(50)66-33-29-49(30-34-67-42(51)18-26-46-22-14-38-71(57-4,58-5)59-6,31-35-68-43(52)19-27-47-23-15-39-72(60-7,61-8)62-9)32-36-69-44(53)20-28-48-24-16-40-73(63-10,64-11)65-12/h45-48H,13-40H2,1-12H3/q+1.